The van der Waals surface area contributed by atoms with Crippen molar-refractivity contribution in [1.82, 2.24) is 0 Å². The Morgan fingerprint density at radius 3 is 2.48 bits per heavy atom. The number of hydrogen-bond acceptors (Lipinski definition) is 6. The van der Waals surface area contributed by atoms with Crippen LogP contribution in [0.4, 0.5) is 10.1 Å². The molecule has 1 aromatic carbocycles. The summed E-state index contributed by atoms with van der Waals surface area (Å²) in [4.78, 5) is 21.8. The van der Waals surface area contributed by atoms with Gasteiger partial charge in [-0.15, -0.1) is 9.12 Å². The van der Waals surface area contributed by atoms with Crippen molar-refractivity contribution in [2.24, 2.45) is 0 Å². The second-order valence-electron chi connectivity index (χ2n) is 4.01. The zero-order chi connectivity index (χ0) is 15.7. The van der Waals surface area contributed by atoms with E-state index in [9.17, 15) is 34.7 Å². The average molecular weight is 294 g/mol. The van der Waals surface area contributed by atoms with Gasteiger partial charge in [-0.25, -0.2) is 0 Å². The third-order valence-corrected chi connectivity index (χ3v) is 2.67. The third-order valence-electron chi connectivity index (χ3n) is 2.67. The molecule has 9 heteroatoms. The van der Waals surface area contributed by atoms with Crippen LogP contribution in [-0.2, 0) is 0 Å². The monoisotopic (exact) mass is 294 g/mol. The maximum absolute atomic E-state index is 13.1. The molecule has 0 aliphatic rings. The molecule has 2 aromatic rings. The van der Waals surface area contributed by atoms with Gasteiger partial charge < -0.3 is 15.4 Å². The number of nitro groups is 1. The zero-order valence-electron chi connectivity index (χ0n) is 10.2. The van der Waals surface area contributed by atoms with Crippen LogP contribution in [0.15, 0.2) is 30.5 Å². The number of phenols is 2. The number of nitrogens with zero attached hydrogens (tertiary/aromatic N) is 2. The van der Waals surface area contributed by atoms with E-state index in [0.29, 0.717) is 6.07 Å². The predicted octanol–water partition coefficient (Wildman–Crippen LogP) is 1.01. The maximum Gasteiger partial charge on any atom is 0.371 e. The first-order valence-electron chi connectivity index (χ1n) is 5.45. The van der Waals surface area contributed by atoms with Crippen molar-refractivity contribution in [3.05, 3.63) is 62.9 Å². The number of carbonyl (C=O) groups excluding carboxylic acids is 1. The quantitative estimate of drug-likeness (QED) is 0.165. The van der Waals surface area contributed by atoms with Crippen LogP contribution in [0.5, 0.6) is 11.5 Å². The Hall–Kier alpha value is -3.23. The van der Waals surface area contributed by atoms with Gasteiger partial charge in [-0.3, -0.25) is 14.9 Å². The van der Waals surface area contributed by atoms with E-state index in [4.69, 9.17) is 0 Å². The summed E-state index contributed by atoms with van der Waals surface area (Å²) in [6.45, 7) is 0. The van der Waals surface area contributed by atoms with Gasteiger partial charge in [0.2, 0.25) is 5.75 Å². The van der Waals surface area contributed by atoms with E-state index in [0.717, 1.165) is 24.4 Å². The molecule has 0 spiro atoms. The van der Waals surface area contributed by atoms with Gasteiger partial charge in [0.1, 0.15) is 0 Å². The van der Waals surface area contributed by atoms with Gasteiger partial charge in [-0.1, -0.05) is 0 Å². The molecule has 1 heterocycles. The molecular formula is C12H7FN2O6. The fourth-order valence-corrected chi connectivity index (χ4v) is 1.64. The Morgan fingerprint density at radius 1 is 1.24 bits per heavy atom. The standard InChI is InChI=1S/C12H7FN2O6/c13-10-5-6(1-2-14(10)19)11(17)7-3-8(15(20)21)12(18)9(16)4-7/h1-5,16,18H. The average Bonchev–Trinajstić information content (AvgIpc) is 2.43. The second-order valence-corrected chi connectivity index (χ2v) is 4.01. The highest BCUT2D eigenvalue weighted by molar-refractivity contribution is 6.09. The molecule has 0 fully saturated rings. The van der Waals surface area contributed by atoms with Gasteiger partial charge in [0, 0.05) is 23.3 Å². The number of aromatic nitrogens is 1. The summed E-state index contributed by atoms with van der Waals surface area (Å²) in [6, 6.07) is 3.23. The highest BCUT2D eigenvalue weighted by Crippen LogP contribution is 2.36. The fourth-order valence-electron chi connectivity index (χ4n) is 1.64. The van der Waals surface area contributed by atoms with Crippen LogP contribution < -0.4 is 4.73 Å². The van der Waals surface area contributed by atoms with Gasteiger partial charge in [-0.05, 0) is 6.07 Å². The Morgan fingerprint density at radius 2 is 1.90 bits per heavy atom. The van der Waals surface area contributed by atoms with Gasteiger partial charge in [0.25, 0.3) is 0 Å². The summed E-state index contributed by atoms with van der Waals surface area (Å²) < 4.78 is 13.0. The smallest absolute Gasteiger partial charge is 0.371 e. The molecule has 0 saturated heterocycles. The molecule has 0 bridgehead atoms. The van der Waals surface area contributed by atoms with E-state index in [2.05, 4.69) is 0 Å². The number of ketones is 1. The van der Waals surface area contributed by atoms with E-state index >= 15 is 0 Å². The number of benzene rings is 1. The minimum absolute atomic E-state index is 0.104. The number of pyridine rings is 1. The number of rotatable bonds is 3. The molecule has 0 atom stereocenters. The summed E-state index contributed by atoms with van der Waals surface area (Å²) >= 11 is 0. The molecule has 8 nitrogen and oxygen atoms in total. The third kappa shape index (κ3) is 2.56. The SMILES string of the molecule is O=C(c1cc(O)c(O)c([N+](=O)[O-])c1)c1cc[n+]([O-])c(F)c1. The minimum Gasteiger partial charge on any atom is -0.617 e. The van der Waals surface area contributed by atoms with Crippen molar-refractivity contribution in [2.75, 3.05) is 0 Å². The summed E-state index contributed by atoms with van der Waals surface area (Å²) in [7, 11) is 0. The van der Waals surface area contributed by atoms with Gasteiger partial charge >= 0.3 is 11.6 Å². The Balaban J connectivity index is 2.53. The van der Waals surface area contributed by atoms with Crippen LogP contribution in [0.2, 0.25) is 0 Å². The van der Waals surface area contributed by atoms with Crippen molar-refractivity contribution in [2.45, 2.75) is 0 Å². The molecule has 0 amide bonds. The van der Waals surface area contributed by atoms with E-state index in [1.165, 1.54) is 0 Å². The van der Waals surface area contributed by atoms with Crippen molar-refractivity contribution in [3.8, 4) is 11.5 Å². The summed E-state index contributed by atoms with van der Waals surface area (Å²) in [6.07, 6.45) is 0.761. The topological polar surface area (TPSA) is 128 Å². The number of phenolic OH excluding ortho intramolecular Hbond substituents is 2. The highest BCUT2D eigenvalue weighted by Gasteiger charge is 2.23. The van der Waals surface area contributed by atoms with Gasteiger partial charge in [0.15, 0.2) is 17.7 Å². The normalized spacial score (nSPS) is 10.3. The van der Waals surface area contributed by atoms with Crippen LogP contribution in [0.1, 0.15) is 15.9 Å². The Labute approximate surface area is 116 Å². The number of aromatic hydroxyl groups is 2. The lowest BCUT2D eigenvalue weighted by Gasteiger charge is -2.05. The summed E-state index contributed by atoms with van der Waals surface area (Å²) in [5.74, 6) is -3.91. The van der Waals surface area contributed by atoms with E-state index < -0.39 is 33.8 Å². The lowest BCUT2D eigenvalue weighted by atomic mass is 10.0. The van der Waals surface area contributed by atoms with Crippen molar-refractivity contribution >= 4 is 11.5 Å². The molecule has 2 rings (SSSR count). The zero-order valence-corrected chi connectivity index (χ0v) is 10.2. The Kier molecular flexibility index (Phi) is 3.40. The highest BCUT2D eigenvalue weighted by atomic mass is 19.1. The number of halogens is 1. The lowest BCUT2D eigenvalue weighted by molar-refractivity contribution is -0.637. The first-order valence-corrected chi connectivity index (χ1v) is 5.45. The number of carbonyl (C=O) groups is 1. The van der Waals surface area contributed by atoms with Crippen molar-refractivity contribution in [1.29, 1.82) is 0 Å². The first-order chi connectivity index (χ1) is 9.81. The number of hydrogen-bond donors (Lipinski definition) is 2. The Bertz CT molecular complexity index is 762. The van der Waals surface area contributed by atoms with Crippen LogP contribution in [0.3, 0.4) is 0 Å². The first kappa shape index (κ1) is 14.2. The van der Waals surface area contributed by atoms with Crippen LogP contribution in [0.25, 0.3) is 0 Å². The number of nitro benzene ring substituents is 1. The minimum atomic E-state index is -1.22. The molecular weight excluding hydrogens is 287 g/mol. The largest absolute Gasteiger partial charge is 0.617 e. The van der Waals surface area contributed by atoms with Gasteiger partial charge in [0.05, 0.1) is 11.0 Å². The second kappa shape index (κ2) is 5.04. The molecule has 0 aliphatic heterocycles. The van der Waals surface area contributed by atoms with Crippen LogP contribution in [0, 0.1) is 21.3 Å². The molecule has 108 valence electrons. The lowest BCUT2D eigenvalue weighted by Crippen LogP contribution is -2.30. The summed E-state index contributed by atoms with van der Waals surface area (Å²) in [5.41, 5.74) is -1.44. The van der Waals surface area contributed by atoms with Crippen molar-refractivity contribution < 1.29 is 29.1 Å². The molecule has 0 radical (unpaired) electrons. The molecule has 0 aliphatic carbocycles. The molecule has 1 aromatic heterocycles. The van der Waals surface area contributed by atoms with Gasteiger partial charge in [-0.2, -0.15) is 0 Å². The molecule has 21 heavy (non-hydrogen) atoms. The molecule has 0 unspecified atom stereocenters. The fraction of sp³-hybridized carbons (Fsp3) is 0. The van der Waals surface area contributed by atoms with Crippen molar-refractivity contribution in [3.63, 3.8) is 0 Å². The maximum atomic E-state index is 13.1. The van der Waals surface area contributed by atoms with E-state index in [1.54, 1.807) is 0 Å². The van der Waals surface area contributed by atoms with Crippen LogP contribution >= 0.6 is 0 Å². The van der Waals surface area contributed by atoms with E-state index in [1.807, 2.05) is 0 Å². The summed E-state index contributed by atoms with van der Waals surface area (Å²) in [5, 5.41) is 40.3. The predicted molar refractivity (Wildman–Crippen MR) is 65.2 cm³/mol. The molecule has 0 saturated carbocycles. The van der Waals surface area contributed by atoms with E-state index in [-0.39, 0.29) is 15.9 Å². The molecule has 2 N–H and O–H groups in total. The van der Waals surface area contributed by atoms with Crippen LogP contribution in [-0.4, -0.2) is 20.9 Å².